The highest BCUT2D eigenvalue weighted by Gasteiger charge is 2.27. The lowest BCUT2D eigenvalue weighted by Crippen LogP contribution is -2.35. The first-order valence-corrected chi connectivity index (χ1v) is 16.2. The molecule has 0 N–H and O–H groups in total. The van der Waals surface area contributed by atoms with Gasteiger partial charge in [-0.3, -0.25) is 4.90 Å². The molecule has 2 saturated heterocycles. The number of carbonyl (C=O) groups excluding carboxylic acids is 1. The van der Waals surface area contributed by atoms with Crippen molar-refractivity contribution in [1.29, 1.82) is 0 Å². The summed E-state index contributed by atoms with van der Waals surface area (Å²) in [4.78, 5) is 29.6. The van der Waals surface area contributed by atoms with Crippen LogP contribution in [0.15, 0.2) is 59.0 Å². The molecular weight excluding hydrogens is 582 g/mol. The van der Waals surface area contributed by atoms with Gasteiger partial charge >= 0.3 is 5.97 Å². The first kappa shape index (κ1) is 30.4. The van der Waals surface area contributed by atoms with Crippen molar-refractivity contribution in [2.45, 2.75) is 84.3 Å². The van der Waals surface area contributed by atoms with Crippen molar-refractivity contribution in [1.82, 2.24) is 24.4 Å². The lowest BCUT2D eigenvalue weighted by molar-refractivity contribution is -0.0592. The monoisotopic (exact) mass is 623 g/mol. The van der Waals surface area contributed by atoms with Crippen LogP contribution in [0.4, 0.5) is 0 Å². The van der Waals surface area contributed by atoms with E-state index in [1.165, 1.54) is 0 Å². The molecule has 0 unspecified atom stereocenters. The lowest BCUT2D eigenvalue weighted by atomic mass is 9.93. The van der Waals surface area contributed by atoms with Gasteiger partial charge in [-0.25, -0.2) is 19.7 Å². The highest BCUT2D eigenvalue weighted by atomic mass is 16.6. The van der Waals surface area contributed by atoms with Crippen LogP contribution in [0.5, 0.6) is 5.88 Å². The van der Waals surface area contributed by atoms with Gasteiger partial charge < -0.3 is 23.2 Å². The molecule has 0 spiro atoms. The maximum Gasteiger partial charge on any atom is 0.338 e. The smallest absolute Gasteiger partial charge is 0.338 e. The molecule has 10 heteroatoms. The fourth-order valence-electron chi connectivity index (χ4n) is 6.25. The predicted molar refractivity (Wildman–Crippen MR) is 174 cm³/mol. The van der Waals surface area contributed by atoms with E-state index >= 15 is 0 Å². The number of pyridine rings is 1. The molecule has 46 heavy (non-hydrogen) atoms. The quantitative estimate of drug-likeness (QED) is 0.168. The van der Waals surface area contributed by atoms with E-state index < -0.39 is 5.60 Å². The fourth-order valence-corrected chi connectivity index (χ4v) is 6.25. The van der Waals surface area contributed by atoms with Crippen LogP contribution in [0, 0.1) is 6.92 Å². The zero-order valence-corrected chi connectivity index (χ0v) is 27.0. The molecule has 5 aromatic rings. The Kier molecular flexibility index (Phi) is 8.25. The summed E-state index contributed by atoms with van der Waals surface area (Å²) in [6, 6.07) is 17.6. The van der Waals surface area contributed by atoms with Crippen molar-refractivity contribution in [3.63, 3.8) is 0 Å². The van der Waals surface area contributed by atoms with Crippen LogP contribution in [-0.2, 0) is 29.2 Å². The topological polar surface area (TPSA) is 105 Å². The molecule has 2 aliphatic heterocycles. The fraction of sp³-hybridized carbons (Fsp3) is 0.444. The third-order valence-electron chi connectivity index (χ3n) is 8.70. The van der Waals surface area contributed by atoms with E-state index in [9.17, 15) is 4.79 Å². The maximum atomic E-state index is 12.8. The minimum atomic E-state index is -0.555. The summed E-state index contributed by atoms with van der Waals surface area (Å²) in [7, 11) is 0. The lowest BCUT2D eigenvalue weighted by Gasteiger charge is -2.32. The van der Waals surface area contributed by atoms with Gasteiger partial charge in [-0.2, -0.15) is 0 Å². The van der Waals surface area contributed by atoms with Gasteiger partial charge in [0.2, 0.25) is 5.88 Å². The largest absolute Gasteiger partial charge is 0.473 e. The Morgan fingerprint density at radius 2 is 1.80 bits per heavy atom. The molecule has 5 heterocycles. The summed E-state index contributed by atoms with van der Waals surface area (Å²) in [6.45, 7) is 12.1. The van der Waals surface area contributed by atoms with Gasteiger partial charge in [0.25, 0.3) is 0 Å². The van der Waals surface area contributed by atoms with E-state index in [1.54, 1.807) is 0 Å². The number of nitrogens with zero attached hydrogens (tertiary/aromatic N) is 5. The predicted octanol–water partition coefficient (Wildman–Crippen LogP) is 6.58. The molecule has 240 valence electrons. The number of hydrogen-bond acceptors (Lipinski definition) is 9. The molecular formula is C36H41N5O5. The molecule has 0 radical (unpaired) electrons. The molecule has 2 aliphatic rings. The third kappa shape index (κ3) is 6.78. The van der Waals surface area contributed by atoms with Gasteiger partial charge in [0.1, 0.15) is 23.5 Å². The number of oxazole rings is 1. The van der Waals surface area contributed by atoms with E-state index in [-0.39, 0.29) is 12.1 Å². The molecule has 0 aliphatic carbocycles. The summed E-state index contributed by atoms with van der Waals surface area (Å²) in [5.74, 6) is 2.33. The first-order valence-electron chi connectivity index (χ1n) is 16.2. The van der Waals surface area contributed by atoms with Gasteiger partial charge in [0, 0.05) is 31.2 Å². The van der Waals surface area contributed by atoms with Crippen molar-refractivity contribution < 1.29 is 23.4 Å². The number of aromatic nitrogens is 4. The number of esters is 1. The Balaban J connectivity index is 1.00. The van der Waals surface area contributed by atoms with Crippen molar-refractivity contribution in [3.8, 4) is 5.88 Å². The number of carbonyl (C=O) groups is 1. The minimum absolute atomic E-state index is 0.169. The second-order valence-corrected chi connectivity index (χ2v) is 13.4. The Morgan fingerprint density at radius 3 is 2.57 bits per heavy atom. The van der Waals surface area contributed by atoms with Gasteiger partial charge in [-0.05, 0) is 95.1 Å². The summed E-state index contributed by atoms with van der Waals surface area (Å²) in [5.41, 5.74) is 5.53. The molecule has 0 amide bonds. The van der Waals surface area contributed by atoms with E-state index in [4.69, 9.17) is 28.6 Å². The molecule has 2 fully saturated rings. The Bertz CT molecular complexity index is 1860. The number of piperidine rings is 1. The first-order chi connectivity index (χ1) is 22.2. The van der Waals surface area contributed by atoms with Crippen LogP contribution in [-0.4, -0.2) is 61.8 Å². The van der Waals surface area contributed by atoms with Crippen LogP contribution >= 0.6 is 0 Å². The van der Waals surface area contributed by atoms with E-state index in [0.717, 1.165) is 91.3 Å². The van der Waals surface area contributed by atoms with E-state index in [2.05, 4.69) is 20.5 Å². The Hall–Kier alpha value is -4.28. The van der Waals surface area contributed by atoms with Gasteiger partial charge in [-0.1, -0.05) is 12.1 Å². The molecule has 7 rings (SSSR count). The number of aryl methyl sites for hydroxylation is 1. The number of hydrogen-bond donors (Lipinski definition) is 0. The van der Waals surface area contributed by atoms with Crippen molar-refractivity contribution in [2.24, 2.45) is 0 Å². The summed E-state index contributed by atoms with van der Waals surface area (Å²) >= 11 is 0. The van der Waals surface area contributed by atoms with Gasteiger partial charge in [-0.15, -0.1) is 0 Å². The SMILES string of the molecule is Cc1nc2cc(COc3cccc(C4CCN(Cc5nc6ccc(C(=O)OC(C)(C)C)cc6n5C[C@@H]5CCO5)CC4)n3)ccc2o1. The van der Waals surface area contributed by atoms with Crippen LogP contribution in [0.1, 0.15) is 79.3 Å². The van der Waals surface area contributed by atoms with Crippen LogP contribution in [0.3, 0.4) is 0 Å². The van der Waals surface area contributed by atoms with Crippen LogP contribution in [0.25, 0.3) is 22.1 Å². The molecule has 0 saturated carbocycles. The van der Waals surface area contributed by atoms with Gasteiger partial charge in [0.05, 0.1) is 35.8 Å². The van der Waals surface area contributed by atoms with Gasteiger partial charge in [0.15, 0.2) is 11.5 Å². The molecule has 2 aromatic carbocycles. The normalized spacial score (nSPS) is 17.8. The zero-order valence-electron chi connectivity index (χ0n) is 27.0. The molecule has 1 atom stereocenters. The standard InChI is InChI=1S/C36H41N5O5/c1-23-37-30-18-24(8-11-32(30)45-23)22-44-34-7-5-6-28(39-34)25-12-15-40(16-13-25)21-33-38-29-10-9-26(35(42)46-36(2,3)4)19-31(29)41(33)20-27-14-17-43-27/h5-11,18-19,25,27H,12-17,20-22H2,1-4H3/t27-/m0/s1. The van der Waals surface area contributed by atoms with Crippen LogP contribution < -0.4 is 4.74 Å². The second kappa shape index (κ2) is 12.5. The summed E-state index contributed by atoms with van der Waals surface area (Å²) < 4.78 is 25.3. The van der Waals surface area contributed by atoms with Crippen molar-refractivity contribution in [2.75, 3.05) is 19.7 Å². The Morgan fingerprint density at radius 1 is 0.978 bits per heavy atom. The molecule has 10 nitrogen and oxygen atoms in total. The third-order valence-corrected chi connectivity index (χ3v) is 8.70. The number of fused-ring (bicyclic) bond motifs is 2. The Labute approximate surface area is 268 Å². The summed E-state index contributed by atoms with van der Waals surface area (Å²) in [6.07, 6.45) is 3.21. The second-order valence-electron chi connectivity index (χ2n) is 13.4. The van der Waals surface area contributed by atoms with E-state index in [0.29, 0.717) is 29.9 Å². The highest BCUT2D eigenvalue weighted by Crippen LogP contribution is 2.30. The minimum Gasteiger partial charge on any atom is -0.473 e. The average Bonchev–Trinajstić information content (AvgIpc) is 3.55. The summed E-state index contributed by atoms with van der Waals surface area (Å²) in [5, 5.41) is 0. The zero-order chi connectivity index (χ0) is 31.8. The van der Waals surface area contributed by atoms with Crippen molar-refractivity contribution >= 4 is 28.1 Å². The number of imidazole rings is 1. The van der Waals surface area contributed by atoms with E-state index in [1.807, 2.05) is 76.2 Å². The van der Waals surface area contributed by atoms with Crippen LogP contribution in [0.2, 0.25) is 0 Å². The average molecular weight is 624 g/mol. The number of ether oxygens (including phenoxy) is 3. The number of benzene rings is 2. The number of rotatable bonds is 9. The van der Waals surface area contributed by atoms with Crippen molar-refractivity contribution in [3.05, 3.63) is 83.1 Å². The maximum absolute atomic E-state index is 12.8. The molecule has 3 aromatic heterocycles. The molecule has 0 bridgehead atoms. The number of likely N-dealkylation sites (tertiary alicyclic amines) is 1. The highest BCUT2D eigenvalue weighted by molar-refractivity contribution is 5.94.